The number of benzene rings is 4. The highest BCUT2D eigenvalue weighted by molar-refractivity contribution is 6.05. The molecule has 0 bridgehead atoms. The maximum absolute atomic E-state index is 3.89. The van der Waals surface area contributed by atoms with Crippen LogP contribution in [0.1, 0.15) is 11.1 Å². The Kier molecular flexibility index (Phi) is 4.41. The molecule has 0 fully saturated rings. The van der Waals surface area contributed by atoms with E-state index in [9.17, 15) is 0 Å². The highest BCUT2D eigenvalue weighted by Crippen LogP contribution is 2.35. The Hall–Kier alpha value is -3.12. The third kappa shape index (κ3) is 2.95. The number of hydrogen-bond donors (Lipinski definition) is 0. The lowest BCUT2D eigenvalue weighted by atomic mass is 9.90. The summed E-state index contributed by atoms with van der Waals surface area (Å²) in [5, 5.41) is 4.87. The molecule has 4 aromatic rings. The molecule has 0 amide bonds. The standard InChI is InChI=1S/C26H20/c1-3-9-19-15-21-11-5-7-13-23(21)25(17-19)26-18-20(10-4-2)16-22-12-6-8-14-24(22)26/h3-8,11-16H,1-2,9-10H2. The van der Waals surface area contributed by atoms with Crippen molar-refractivity contribution in [2.24, 2.45) is 0 Å². The van der Waals surface area contributed by atoms with E-state index in [4.69, 9.17) is 0 Å². The van der Waals surface area contributed by atoms with E-state index >= 15 is 0 Å². The summed E-state index contributed by atoms with van der Waals surface area (Å²) in [5.74, 6) is 0. The van der Waals surface area contributed by atoms with Crippen LogP contribution in [0.3, 0.4) is 0 Å². The zero-order valence-corrected chi connectivity index (χ0v) is 14.8. The summed E-state index contributed by atoms with van der Waals surface area (Å²) in [6.07, 6.45) is 5.48. The summed E-state index contributed by atoms with van der Waals surface area (Å²) >= 11 is 0. The van der Waals surface area contributed by atoms with Gasteiger partial charge in [0.15, 0.2) is 0 Å². The zero-order chi connectivity index (χ0) is 17.9. The van der Waals surface area contributed by atoms with E-state index < -0.39 is 0 Å². The van der Waals surface area contributed by atoms with Crippen LogP contribution in [0.25, 0.3) is 32.7 Å². The van der Waals surface area contributed by atoms with Crippen molar-refractivity contribution in [3.8, 4) is 11.1 Å². The van der Waals surface area contributed by atoms with Crippen LogP contribution in [0.2, 0.25) is 0 Å². The second-order valence-electron chi connectivity index (χ2n) is 6.50. The van der Waals surface area contributed by atoms with E-state index in [0.29, 0.717) is 0 Å². The fraction of sp³-hybridized carbons (Fsp3) is 0.0769. The summed E-state index contributed by atoms with van der Waals surface area (Å²) < 4.78 is 0. The molecule has 0 N–H and O–H groups in total. The molecule has 26 heavy (non-hydrogen) atoms. The Labute approximate surface area is 155 Å². The van der Waals surface area contributed by atoms with E-state index in [-0.39, 0.29) is 0 Å². The molecule has 0 aromatic heterocycles. The lowest BCUT2D eigenvalue weighted by molar-refractivity contribution is 1.27. The van der Waals surface area contributed by atoms with Crippen molar-refractivity contribution in [1.29, 1.82) is 0 Å². The van der Waals surface area contributed by atoms with Gasteiger partial charge in [0.05, 0.1) is 0 Å². The van der Waals surface area contributed by atoms with Crippen LogP contribution in [-0.4, -0.2) is 0 Å². The number of rotatable bonds is 5. The summed E-state index contributed by atoms with van der Waals surface area (Å²) in [5.41, 5.74) is 4.53. The van der Waals surface area contributed by atoms with Gasteiger partial charge >= 0.3 is 0 Å². The number of fused-ring (bicyclic) bond motifs is 2. The Bertz CT molecular complexity index is 1020. The monoisotopic (exact) mass is 332 g/mol. The Balaban J connectivity index is 2.08. The van der Waals surface area contributed by atoms with E-state index in [1.54, 1.807) is 0 Å². The van der Waals surface area contributed by atoms with Gasteiger partial charge in [0.2, 0.25) is 0 Å². The molecule has 0 spiro atoms. The van der Waals surface area contributed by atoms with Crippen molar-refractivity contribution < 1.29 is 0 Å². The molecule has 0 heteroatoms. The molecule has 0 saturated carbocycles. The first kappa shape index (κ1) is 16.4. The van der Waals surface area contributed by atoms with Crippen LogP contribution in [0, 0.1) is 12.1 Å². The molecule has 0 aliphatic carbocycles. The van der Waals surface area contributed by atoms with Crippen LogP contribution < -0.4 is 0 Å². The summed E-state index contributed by atoms with van der Waals surface area (Å²) in [6.45, 7) is 7.78. The first-order valence-electron chi connectivity index (χ1n) is 8.90. The maximum Gasteiger partial charge on any atom is -0.00110 e. The molecule has 0 aliphatic heterocycles. The van der Waals surface area contributed by atoms with Gasteiger partial charge in [-0.3, -0.25) is 0 Å². The second kappa shape index (κ2) is 7.01. The van der Waals surface area contributed by atoms with Crippen LogP contribution >= 0.6 is 0 Å². The van der Waals surface area contributed by atoms with Crippen molar-refractivity contribution in [3.63, 3.8) is 0 Å². The van der Waals surface area contributed by atoms with Crippen molar-refractivity contribution in [2.75, 3.05) is 0 Å². The van der Waals surface area contributed by atoms with E-state index in [0.717, 1.165) is 35.1 Å². The molecule has 4 aromatic carbocycles. The maximum atomic E-state index is 3.89. The van der Waals surface area contributed by atoms with Gasteiger partial charge in [-0.2, -0.15) is 0 Å². The average molecular weight is 332 g/mol. The Morgan fingerprint density at radius 1 is 0.654 bits per heavy atom. The second-order valence-corrected chi connectivity index (χ2v) is 6.50. The average Bonchev–Trinajstić information content (AvgIpc) is 2.67. The third-order valence-corrected chi connectivity index (χ3v) is 4.67. The Morgan fingerprint density at radius 3 is 1.50 bits per heavy atom. The van der Waals surface area contributed by atoms with Crippen LogP contribution in [0.5, 0.6) is 0 Å². The SMILES string of the molecule is C=CCc1[c]c(-c2[c]c(CC=C)cc3ccccc23)c2ccccc2c1. The van der Waals surface area contributed by atoms with Gasteiger partial charge in [0, 0.05) is 0 Å². The predicted molar refractivity (Wildman–Crippen MR) is 112 cm³/mol. The van der Waals surface area contributed by atoms with Gasteiger partial charge in [0.1, 0.15) is 0 Å². The van der Waals surface area contributed by atoms with Crippen molar-refractivity contribution in [3.05, 3.63) is 109 Å². The van der Waals surface area contributed by atoms with E-state index in [1.807, 2.05) is 12.2 Å². The predicted octanol–water partition coefficient (Wildman–Crippen LogP) is 6.72. The molecule has 0 heterocycles. The summed E-state index contributed by atoms with van der Waals surface area (Å²) in [7, 11) is 0. The van der Waals surface area contributed by atoms with E-state index in [1.165, 1.54) is 21.5 Å². The van der Waals surface area contributed by atoms with Gasteiger partial charge in [0.25, 0.3) is 0 Å². The minimum atomic E-state index is 0.808. The molecule has 0 nitrogen and oxygen atoms in total. The third-order valence-electron chi connectivity index (χ3n) is 4.67. The first-order chi connectivity index (χ1) is 12.8. The smallest absolute Gasteiger partial charge is 0.00110 e. The molecular weight excluding hydrogens is 312 g/mol. The molecule has 0 atom stereocenters. The van der Waals surface area contributed by atoms with Crippen molar-refractivity contribution in [2.45, 2.75) is 12.8 Å². The van der Waals surface area contributed by atoms with Gasteiger partial charge in [-0.15, -0.1) is 13.2 Å². The van der Waals surface area contributed by atoms with Gasteiger partial charge < -0.3 is 0 Å². The minimum absolute atomic E-state index is 0.808. The first-order valence-corrected chi connectivity index (χ1v) is 8.90. The summed E-state index contributed by atoms with van der Waals surface area (Å²) in [4.78, 5) is 0. The van der Waals surface area contributed by atoms with Crippen LogP contribution in [0.15, 0.2) is 86.0 Å². The van der Waals surface area contributed by atoms with Gasteiger partial charge in [-0.1, -0.05) is 72.8 Å². The van der Waals surface area contributed by atoms with Gasteiger partial charge in [-0.25, -0.2) is 0 Å². The molecule has 0 saturated heterocycles. The zero-order valence-electron chi connectivity index (χ0n) is 14.8. The molecule has 2 radical (unpaired) electrons. The minimum Gasteiger partial charge on any atom is -0.103 e. The normalized spacial score (nSPS) is 10.9. The number of hydrogen-bond acceptors (Lipinski definition) is 0. The quantitative estimate of drug-likeness (QED) is 0.356. The molecule has 0 unspecified atom stereocenters. The largest absolute Gasteiger partial charge is 0.103 e. The lowest BCUT2D eigenvalue weighted by Crippen LogP contribution is -1.92. The van der Waals surface area contributed by atoms with Crippen LogP contribution in [-0.2, 0) is 12.8 Å². The lowest BCUT2D eigenvalue weighted by Gasteiger charge is -2.13. The molecule has 4 rings (SSSR count). The van der Waals surface area contributed by atoms with Crippen molar-refractivity contribution in [1.82, 2.24) is 0 Å². The Morgan fingerprint density at radius 2 is 1.08 bits per heavy atom. The highest BCUT2D eigenvalue weighted by Gasteiger charge is 2.11. The van der Waals surface area contributed by atoms with E-state index in [2.05, 4.69) is 86.0 Å². The fourth-order valence-electron chi connectivity index (χ4n) is 3.53. The van der Waals surface area contributed by atoms with Crippen LogP contribution in [0.4, 0.5) is 0 Å². The van der Waals surface area contributed by atoms with Crippen molar-refractivity contribution >= 4 is 21.5 Å². The van der Waals surface area contributed by atoms with Gasteiger partial charge in [-0.05, 0) is 68.8 Å². The molecular formula is C26H20. The number of allylic oxidation sites excluding steroid dienone is 2. The fourth-order valence-corrected chi connectivity index (χ4v) is 3.53. The summed E-state index contributed by atoms with van der Waals surface area (Å²) in [6, 6.07) is 28.7. The highest BCUT2D eigenvalue weighted by atomic mass is 14.1. The molecule has 0 aliphatic rings. The topological polar surface area (TPSA) is 0 Å². The molecule has 124 valence electrons.